The van der Waals surface area contributed by atoms with Crippen molar-refractivity contribution in [1.82, 2.24) is 15.2 Å². The van der Waals surface area contributed by atoms with E-state index in [0.29, 0.717) is 12.0 Å². The van der Waals surface area contributed by atoms with Crippen LogP contribution in [0.2, 0.25) is 0 Å². The van der Waals surface area contributed by atoms with Crippen LogP contribution >= 0.6 is 0 Å². The highest BCUT2D eigenvalue weighted by molar-refractivity contribution is 5.59. The van der Waals surface area contributed by atoms with E-state index in [1.54, 1.807) is 6.20 Å². The van der Waals surface area contributed by atoms with Crippen molar-refractivity contribution in [3.05, 3.63) is 30.5 Å². The lowest BCUT2D eigenvalue weighted by molar-refractivity contribution is 0.617. The minimum absolute atomic E-state index is 0.502. The minimum atomic E-state index is 0.502. The van der Waals surface area contributed by atoms with Crippen molar-refractivity contribution in [2.75, 3.05) is 28.6 Å². The Labute approximate surface area is 155 Å². The van der Waals surface area contributed by atoms with E-state index in [4.69, 9.17) is 0 Å². The molecule has 6 heteroatoms. The Hall–Kier alpha value is -2.37. The first kappa shape index (κ1) is 17.1. The highest BCUT2D eigenvalue weighted by Crippen LogP contribution is 2.24. The molecule has 0 amide bonds. The molecule has 0 unspecified atom stereocenters. The van der Waals surface area contributed by atoms with Crippen molar-refractivity contribution >= 4 is 23.1 Å². The molecule has 0 radical (unpaired) electrons. The number of nitrogens with one attached hydrogen (secondary N) is 2. The molecule has 26 heavy (non-hydrogen) atoms. The maximum Gasteiger partial charge on any atom is 0.249 e. The summed E-state index contributed by atoms with van der Waals surface area (Å²) in [4.78, 5) is 7.02. The summed E-state index contributed by atoms with van der Waals surface area (Å²) in [5.74, 6) is 1.35. The quantitative estimate of drug-likeness (QED) is 0.780. The van der Waals surface area contributed by atoms with Gasteiger partial charge in [-0.05, 0) is 49.9 Å². The summed E-state index contributed by atoms with van der Waals surface area (Å²) in [6.07, 6.45) is 12.0. The van der Waals surface area contributed by atoms with Gasteiger partial charge in [-0.1, -0.05) is 25.7 Å². The van der Waals surface area contributed by atoms with E-state index in [9.17, 15) is 0 Å². The fourth-order valence-electron chi connectivity index (χ4n) is 3.92. The molecule has 1 aliphatic carbocycles. The predicted molar refractivity (Wildman–Crippen MR) is 106 cm³/mol. The second-order valence-electron chi connectivity index (χ2n) is 7.36. The smallest absolute Gasteiger partial charge is 0.249 e. The number of rotatable bonds is 5. The fraction of sp³-hybridized carbons (Fsp3) is 0.550. The number of benzene rings is 1. The average molecular weight is 352 g/mol. The van der Waals surface area contributed by atoms with Crippen LogP contribution in [0.4, 0.5) is 23.1 Å². The molecule has 2 N–H and O–H groups in total. The normalized spacial score (nSPS) is 18.5. The van der Waals surface area contributed by atoms with Crippen molar-refractivity contribution in [3.8, 4) is 0 Å². The molecule has 2 aliphatic rings. The Morgan fingerprint density at radius 2 is 1.62 bits per heavy atom. The van der Waals surface area contributed by atoms with E-state index < -0.39 is 0 Å². The van der Waals surface area contributed by atoms with Crippen LogP contribution in [0, 0.1) is 0 Å². The number of nitrogens with zero attached hydrogens (tertiary/aromatic N) is 4. The SMILES string of the molecule is c1cc(N2CCCC2)ccc1Nc1nncc(NC2CCCCCC2)n1. The standard InChI is InChI=1S/C20H28N6/c1-2-4-8-16(7-3-1)22-19-15-21-25-20(24-19)23-17-9-11-18(12-10-17)26-13-5-6-14-26/h9-12,15-16H,1-8,13-14H2,(H2,22,23,24,25). The molecular formula is C20H28N6. The zero-order valence-corrected chi connectivity index (χ0v) is 15.3. The van der Waals surface area contributed by atoms with Crippen LogP contribution in [0.15, 0.2) is 30.5 Å². The molecule has 138 valence electrons. The lowest BCUT2D eigenvalue weighted by Crippen LogP contribution is -2.19. The summed E-state index contributed by atoms with van der Waals surface area (Å²) < 4.78 is 0. The molecule has 1 saturated heterocycles. The van der Waals surface area contributed by atoms with Crippen molar-refractivity contribution in [2.24, 2.45) is 0 Å². The van der Waals surface area contributed by atoms with Gasteiger partial charge < -0.3 is 15.5 Å². The molecule has 2 fully saturated rings. The van der Waals surface area contributed by atoms with Crippen molar-refractivity contribution in [2.45, 2.75) is 57.4 Å². The second kappa shape index (κ2) is 8.34. The van der Waals surface area contributed by atoms with E-state index in [1.807, 2.05) is 0 Å². The largest absolute Gasteiger partial charge is 0.372 e. The lowest BCUT2D eigenvalue weighted by Gasteiger charge is -2.18. The topological polar surface area (TPSA) is 66.0 Å². The van der Waals surface area contributed by atoms with Crippen LogP contribution in [0.5, 0.6) is 0 Å². The molecule has 6 nitrogen and oxygen atoms in total. The molecule has 0 atom stereocenters. The van der Waals surface area contributed by atoms with Crippen LogP contribution in [0.25, 0.3) is 0 Å². The fourth-order valence-corrected chi connectivity index (χ4v) is 3.92. The van der Waals surface area contributed by atoms with Gasteiger partial charge in [-0.15, -0.1) is 5.10 Å². The molecule has 0 bridgehead atoms. The van der Waals surface area contributed by atoms with Gasteiger partial charge in [-0.3, -0.25) is 0 Å². The van der Waals surface area contributed by atoms with Gasteiger partial charge in [0.2, 0.25) is 5.95 Å². The first-order chi connectivity index (χ1) is 12.9. The van der Waals surface area contributed by atoms with Crippen LogP contribution in [-0.4, -0.2) is 34.3 Å². The molecule has 1 aromatic carbocycles. The van der Waals surface area contributed by atoms with Gasteiger partial charge in [-0.2, -0.15) is 10.1 Å². The van der Waals surface area contributed by atoms with Gasteiger partial charge in [0.05, 0.1) is 6.20 Å². The summed E-state index contributed by atoms with van der Waals surface area (Å²) >= 11 is 0. The summed E-state index contributed by atoms with van der Waals surface area (Å²) in [6.45, 7) is 2.32. The average Bonchev–Trinajstić information content (AvgIpc) is 3.08. The Morgan fingerprint density at radius 3 is 2.35 bits per heavy atom. The summed E-state index contributed by atoms with van der Waals surface area (Å²) in [6, 6.07) is 9.00. The third-order valence-electron chi connectivity index (χ3n) is 5.36. The third-order valence-corrected chi connectivity index (χ3v) is 5.36. The maximum atomic E-state index is 4.59. The van der Waals surface area contributed by atoms with E-state index in [1.165, 1.54) is 57.1 Å². The number of anilines is 4. The van der Waals surface area contributed by atoms with Crippen LogP contribution in [0.3, 0.4) is 0 Å². The van der Waals surface area contributed by atoms with E-state index in [-0.39, 0.29) is 0 Å². The number of aromatic nitrogens is 3. The Morgan fingerprint density at radius 1 is 0.885 bits per heavy atom. The lowest BCUT2D eigenvalue weighted by atomic mass is 10.1. The highest BCUT2D eigenvalue weighted by atomic mass is 15.3. The maximum absolute atomic E-state index is 4.59. The van der Waals surface area contributed by atoms with E-state index in [0.717, 1.165) is 24.6 Å². The van der Waals surface area contributed by atoms with Crippen LogP contribution in [0.1, 0.15) is 51.4 Å². The zero-order chi connectivity index (χ0) is 17.6. The van der Waals surface area contributed by atoms with Gasteiger partial charge in [0.15, 0.2) is 5.82 Å². The van der Waals surface area contributed by atoms with Gasteiger partial charge in [0.1, 0.15) is 0 Å². The highest BCUT2D eigenvalue weighted by Gasteiger charge is 2.14. The number of hydrogen-bond acceptors (Lipinski definition) is 6. The predicted octanol–water partition coefficient (Wildman–Crippen LogP) is 4.35. The first-order valence-electron chi connectivity index (χ1n) is 9.95. The Bertz CT molecular complexity index is 688. The molecule has 4 rings (SSSR count). The molecule has 1 saturated carbocycles. The Balaban J connectivity index is 1.38. The van der Waals surface area contributed by atoms with Gasteiger partial charge in [0, 0.05) is 30.5 Å². The van der Waals surface area contributed by atoms with Crippen molar-refractivity contribution < 1.29 is 0 Å². The number of hydrogen-bond donors (Lipinski definition) is 2. The summed E-state index contributed by atoms with van der Waals surface area (Å²) in [5.41, 5.74) is 2.28. The van der Waals surface area contributed by atoms with Crippen LogP contribution in [-0.2, 0) is 0 Å². The monoisotopic (exact) mass is 352 g/mol. The van der Waals surface area contributed by atoms with E-state index >= 15 is 0 Å². The Kier molecular flexibility index (Phi) is 5.47. The molecule has 2 aromatic rings. The van der Waals surface area contributed by atoms with Gasteiger partial charge in [0.25, 0.3) is 0 Å². The van der Waals surface area contributed by atoms with Crippen LogP contribution < -0.4 is 15.5 Å². The third kappa shape index (κ3) is 4.42. The van der Waals surface area contributed by atoms with Gasteiger partial charge in [-0.25, -0.2) is 0 Å². The summed E-state index contributed by atoms with van der Waals surface area (Å²) in [5, 5.41) is 15.0. The zero-order valence-electron chi connectivity index (χ0n) is 15.3. The van der Waals surface area contributed by atoms with Crippen molar-refractivity contribution in [1.29, 1.82) is 0 Å². The second-order valence-corrected chi connectivity index (χ2v) is 7.36. The molecular weight excluding hydrogens is 324 g/mol. The van der Waals surface area contributed by atoms with E-state index in [2.05, 4.69) is 55.0 Å². The minimum Gasteiger partial charge on any atom is -0.372 e. The first-order valence-corrected chi connectivity index (χ1v) is 9.95. The molecule has 0 spiro atoms. The molecule has 1 aliphatic heterocycles. The molecule has 1 aromatic heterocycles. The van der Waals surface area contributed by atoms with Crippen molar-refractivity contribution in [3.63, 3.8) is 0 Å². The summed E-state index contributed by atoms with van der Waals surface area (Å²) in [7, 11) is 0. The van der Waals surface area contributed by atoms with Gasteiger partial charge >= 0.3 is 0 Å². The molecule has 2 heterocycles.